The van der Waals surface area contributed by atoms with Crippen molar-refractivity contribution in [3.05, 3.63) is 0 Å². The van der Waals surface area contributed by atoms with Crippen molar-refractivity contribution in [2.75, 3.05) is 23.9 Å². The van der Waals surface area contributed by atoms with Gasteiger partial charge in [-0.3, -0.25) is 4.79 Å². The number of rotatable bonds is 6. The zero-order valence-corrected chi connectivity index (χ0v) is 11.5. The van der Waals surface area contributed by atoms with E-state index in [0.29, 0.717) is 12.8 Å². The maximum absolute atomic E-state index is 11.5. The van der Waals surface area contributed by atoms with Crippen molar-refractivity contribution in [3.8, 4) is 0 Å². The van der Waals surface area contributed by atoms with Crippen molar-refractivity contribution >= 4 is 27.5 Å². The molecule has 0 bridgehead atoms. The molecular weight excluding hydrogens is 262 g/mol. The number of hydrogen-bond donors (Lipinski definition) is 2. The van der Waals surface area contributed by atoms with Crippen LogP contribution < -0.4 is 5.32 Å². The van der Waals surface area contributed by atoms with Gasteiger partial charge < -0.3 is 10.4 Å². The molecule has 0 aromatic heterocycles. The molecule has 0 saturated carbocycles. The van der Waals surface area contributed by atoms with Crippen LogP contribution in [0.3, 0.4) is 0 Å². The van der Waals surface area contributed by atoms with E-state index in [-0.39, 0.29) is 41.1 Å². The summed E-state index contributed by atoms with van der Waals surface area (Å²) in [6.07, 6.45) is 1.32. The number of carbonyl (C=O) groups excluding carboxylic acids is 1. The second-order valence-corrected chi connectivity index (χ2v) is 7.71. The smallest absolute Gasteiger partial charge is 0.230 e. The first-order chi connectivity index (χ1) is 7.96. The molecule has 0 spiro atoms. The summed E-state index contributed by atoms with van der Waals surface area (Å²) in [6, 6.07) is -0.199. The Balaban J connectivity index is 2.25. The van der Waals surface area contributed by atoms with E-state index in [4.69, 9.17) is 5.11 Å². The van der Waals surface area contributed by atoms with Gasteiger partial charge in [0.2, 0.25) is 5.91 Å². The van der Waals surface area contributed by atoms with Crippen molar-refractivity contribution in [3.63, 3.8) is 0 Å². The molecule has 17 heavy (non-hydrogen) atoms. The van der Waals surface area contributed by atoms with E-state index in [9.17, 15) is 13.2 Å². The van der Waals surface area contributed by atoms with Gasteiger partial charge >= 0.3 is 0 Å². The summed E-state index contributed by atoms with van der Waals surface area (Å²) in [5.41, 5.74) is 0. The van der Waals surface area contributed by atoms with Crippen LogP contribution in [-0.2, 0) is 14.6 Å². The minimum absolute atomic E-state index is 0.0416. The molecule has 1 saturated heterocycles. The third-order valence-corrected chi connectivity index (χ3v) is 6.00. The van der Waals surface area contributed by atoms with E-state index in [1.54, 1.807) is 0 Å². The number of amides is 1. The largest absolute Gasteiger partial charge is 0.394 e. The molecule has 0 aromatic rings. The summed E-state index contributed by atoms with van der Waals surface area (Å²) in [4.78, 5) is 11.5. The molecule has 1 heterocycles. The van der Waals surface area contributed by atoms with Crippen molar-refractivity contribution in [1.29, 1.82) is 0 Å². The number of thioether (sulfide) groups is 1. The van der Waals surface area contributed by atoms with Crippen LogP contribution in [0.25, 0.3) is 0 Å². The average Bonchev–Trinajstić information content (AvgIpc) is 2.63. The summed E-state index contributed by atoms with van der Waals surface area (Å²) in [7, 11) is -2.87. The monoisotopic (exact) mass is 281 g/mol. The highest BCUT2D eigenvalue weighted by Gasteiger charge is 2.28. The highest BCUT2D eigenvalue weighted by Crippen LogP contribution is 2.23. The highest BCUT2D eigenvalue weighted by atomic mass is 32.2. The molecule has 0 aromatic carbocycles. The first-order valence-corrected chi connectivity index (χ1v) is 8.56. The Hall–Kier alpha value is -0.270. The Morgan fingerprint density at radius 1 is 1.59 bits per heavy atom. The van der Waals surface area contributed by atoms with Gasteiger partial charge in [-0.25, -0.2) is 8.42 Å². The number of carbonyl (C=O) groups is 1. The predicted octanol–water partition coefficient (Wildman–Crippen LogP) is -0.206. The summed E-state index contributed by atoms with van der Waals surface area (Å²) < 4.78 is 22.4. The van der Waals surface area contributed by atoms with Gasteiger partial charge in [-0.2, -0.15) is 0 Å². The van der Waals surface area contributed by atoms with Gasteiger partial charge in [-0.1, -0.05) is 6.92 Å². The van der Waals surface area contributed by atoms with Crippen molar-refractivity contribution in [1.82, 2.24) is 5.32 Å². The van der Waals surface area contributed by atoms with E-state index >= 15 is 0 Å². The van der Waals surface area contributed by atoms with Gasteiger partial charge in [-0.15, -0.1) is 11.8 Å². The molecule has 0 radical (unpaired) electrons. The minimum Gasteiger partial charge on any atom is -0.394 e. The first-order valence-electron chi connectivity index (χ1n) is 5.69. The zero-order valence-electron chi connectivity index (χ0n) is 9.89. The van der Waals surface area contributed by atoms with E-state index in [1.165, 1.54) is 11.8 Å². The van der Waals surface area contributed by atoms with Gasteiger partial charge in [0.1, 0.15) is 0 Å². The quantitative estimate of drug-likeness (QED) is 0.704. The molecule has 1 aliphatic rings. The fourth-order valence-electron chi connectivity index (χ4n) is 1.63. The van der Waals surface area contributed by atoms with E-state index in [1.807, 2.05) is 6.92 Å². The highest BCUT2D eigenvalue weighted by molar-refractivity contribution is 8.02. The van der Waals surface area contributed by atoms with E-state index in [0.717, 1.165) is 0 Å². The molecule has 2 atom stereocenters. The molecule has 0 aliphatic carbocycles. The second-order valence-electron chi connectivity index (χ2n) is 4.19. The van der Waals surface area contributed by atoms with Crippen molar-refractivity contribution < 1.29 is 18.3 Å². The zero-order chi connectivity index (χ0) is 12.9. The molecule has 100 valence electrons. The number of nitrogens with one attached hydrogen (secondary N) is 1. The van der Waals surface area contributed by atoms with Crippen LogP contribution in [0.4, 0.5) is 0 Å². The van der Waals surface area contributed by atoms with Gasteiger partial charge in [-0.05, 0) is 12.8 Å². The number of aliphatic hydroxyl groups excluding tert-OH is 1. The van der Waals surface area contributed by atoms with E-state index in [2.05, 4.69) is 5.32 Å². The maximum Gasteiger partial charge on any atom is 0.230 e. The molecule has 1 amide bonds. The maximum atomic E-state index is 11.5. The SMILES string of the molecule is CC[C@H](CO)NC(=O)CSC1CCS(=O)(=O)C1. The van der Waals surface area contributed by atoms with Crippen LogP contribution in [0.15, 0.2) is 0 Å². The third kappa shape index (κ3) is 5.27. The molecule has 5 nitrogen and oxygen atoms in total. The van der Waals surface area contributed by atoms with Gasteiger partial charge in [0.05, 0.1) is 29.9 Å². The fourth-order valence-corrected chi connectivity index (χ4v) is 5.09. The van der Waals surface area contributed by atoms with Crippen molar-refractivity contribution in [2.24, 2.45) is 0 Å². The van der Waals surface area contributed by atoms with Crippen LogP contribution in [0.5, 0.6) is 0 Å². The first kappa shape index (κ1) is 14.8. The van der Waals surface area contributed by atoms with Crippen LogP contribution in [0, 0.1) is 0 Å². The minimum atomic E-state index is -2.87. The van der Waals surface area contributed by atoms with Crippen LogP contribution in [0.2, 0.25) is 0 Å². The lowest BCUT2D eigenvalue weighted by Gasteiger charge is -2.14. The Morgan fingerprint density at radius 2 is 2.29 bits per heavy atom. The average molecular weight is 281 g/mol. The van der Waals surface area contributed by atoms with Crippen LogP contribution >= 0.6 is 11.8 Å². The molecule has 1 aliphatic heterocycles. The molecule has 1 rings (SSSR count). The number of aliphatic hydroxyl groups is 1. The van der Waals surface area contributed by atoms with Gasteiger partial charge in [0, 0.05) is 5.25 Å². The molecule has 7 heteroatoms. The standard InChI is InChI=1S/C10H19NO4S2/c1-2-8(5-12)11-10(13)6-16-9-3-4-17(14,15)7-9/h8-9,12H,2-7H2,1H3,(H,11,13)/t8-,9?/m1/s1. The Kier molecular flexibility index (Phi) is 5.75. The second kappa shape index (κ2) is 6.61. The predicted molar refractivity (Wildman–Crippen MR) is 68.8 cm³/mol. The molecule has 2 N–H and O–H groups in total. The lowest BCUT2D eigenvalue weighted by Crippen LogP contribution is -2.38. The molecule has 1 unspecified atom stereocenters. The number of hydrogen-bond acceptors (Lipinski definition) is 5. The summed E-state index contributed by atoms with van der Waals surface area (Å²) in [5, 5.41) is 11.7. The lowest BCUT2D eigenvalue weighted by molar-refractivity contribution is -0.119. The van der Waals surface area contributed by atoms with Crippen LogP contribution in [0.1, 0.15) is 19.8 Å². The molecule has 1 fully saturated rings. The molecular formula is C10H19NO4S2. The summed E-state index contributed by atoms with van der Waals surface area (Å²) in [5.74, 6) is 0.541. The normalized spacial score (nSPS) is 24.5. The van der Waals surface area contributed by atoms with Crippen molar-refractivity contribution in [2.45, 2.75) is 31.1 Å². The Bertz CT molecular complexity index is 351. The van der Waals surface area contributed by atoms with E-state index < -0.39 is 9.84 Å². The Labute approximate surface area is 106 Å². The topological polar surface area (TPSA) is 83.5 Å². The number of sulfone groups is 1. The fraction of sp³-hybridized carbons (Fsp3) is 0.900. The van der Waals surface area contributed by atoms with Gasteiger partial charge in [0.15, 0.2) is 9.84 Å². The summed E-state index contributed by atoms with van der Waals surface area (Å²) in [6.45, 7) is 1.82. The summed E-state index contributed by atoms with van der Waals surface area (Å²) >= 11 is 1.38. The lowest BCUT2D eigenvalue weighted by atomic mass is 10.2. The van der Waals surface area contributed by atoms with Crippen LogP contribution in [-0.4, -0.2) is 54.6 Å². The Morgan fingerprint density at radius 3 is 2.76 bits per heavy atom. The third-order valence-electron chi connectivity index (χ3n) is 2.72. The van der Waals surface area contributed by atoms with Gasteiger partial charge in [0.25, 0.3) is 0 Å².